The molecule has 0 radical (unpaired) electrons. The summed E-state index contributed by atoms with van der Waals surface area (Å²) in [6.07, 6.45) is 2.70. The molecule has 3 aliphatic heterocycles. The summed E-state index contributed by atoms with van der Waals surface area (Å²) in [5.74, 6) is -0.457. The molecule has 0 bridgehead atoms. The lowest BCUT2D eigenvalue weighted by molar-refractivity contribution is -0.181. The first kappa shape index (κ1) is 17.3. The average Bonchev–Trinajstić information content (AvgIpc) is 3.04. The van der Waals surface area contributed by atoms with Gasteiger partial charge in [-0.25, -0.2) is 9.59 Å². The van der Waals surface area contributed by atoms with E-state index in [9.17, 15) is 9.59 Å². The van der Waals surface area contributed by atoms with Gasteiger partial charge in [-0.15, -0.1) is 0 Å². The first-order chi connectivity index (χ1) is 11.6. The number of piperidine rings is 2. The van der Waals surface area contributed by atoms with Crippen LogP contribution in [0.15, 0.2) is 0 Å². The van der Waals surface area contributed by atoms with Gasteiger partial charge in [0.05, 0.1) is 19.8 Å². The monoisotopic (exact) mass is 341 g/mol. The van der Waals surface area contributed by atoms with Crippen molar-refractivity contribution in [1.29, 1.82) is 0 Å². The van der Waals surface area contributed by atoms with E-state index in [4.69, 9.17) is 14.2 Å². The molecule has 0 aromatic heterocycles. The fraction of sp³-hybridized carbons (Fsp3) is 0.875. The van der Waals surface area contributed by atoms with E-state index in [1.807, 2.05) is 4.90 Å². The number of ether oxygens (including phenoxy) is 3. The highest BCUT2D eigenvalue weighted by atomic mass is 16.7. The molecule has 0 saturated carbocycles. The van der Waals surface area contributed by atoms with Crippen molar-refractivity contribution in [3.05, 3.63) is 0 Å². The molecule has 8 heteroatoms. The van der Waals surface area contributed by atoms with Crippen LogP contribution in [0.25, 0.3) is 0 Å². The van der Waals surface area contributed by atoms with Crippen LogP contribution in [0.3, 0.4) is 0 Å². The smallest absolute Gasteiger partial charge is 0.409 e. The molecule has 1 N–H and O–H groups in total. The maximum absolute atomic E-state index is 12.4. The van der Waals surface area contributed by atoms with Gasteiger partial charge in [0.15, 0.2) is 5.79 Å². The van der Waals surface area contributed by atoms with Gasteiger partial charge in [-0.1, -0.05) is 0 Å². The molecule has 3 fully saturated rings. The number of carbonyl (C=O) groups excluding carboxylic acids is 2. The molecule has 1 spiro atoms. The predicted molar refractivity (Wildman–Crippen MR) is 85.6 cm³/mol. The molecule has 0 aliphatic carbocycles. The zero-order valence-electron chi connectivity index (χ0n) is 14.3. The lowest BCUT2D eigenvalue weighted by Crippen LogP contribution is -2.54. The Bertz CT molecular complexity index is 449. The molecule has 8 nitrogen and oxygen atoms in total. The molecule has 3 amide bonds. The summed E-state index contributed by atoms with van der Waals surface area (Å²) in [6.45, 7) is 6.01. The van der Waals surface area contributed by atoms with E-state index in [-0.39, 0.29) is 18.2 Å². The summed E-state index contributed by atoms with van der Waals surface area (Å²) in [6, 6.07) is 0.0791. The molecule has 3 aliphatic rings. The molecular formula is C16H27N3O5. The lowest BCUT2D eigenvalue weighted by Gasteiger charge is -2.38. The fourth-order valence-corrected chi connectivity index (χ4v) is 3.52. The maximum atomic E-state index is 12.4. The van der Waals surface area contributed by atoms with Gasteiger partial charge in [-0.05, 0) is 19.8 Å². The number of hydrogen-bond acceptors (Lipinski definition) is 5. The van der Waals surface area contributed by atoms with Crippen LogP contribution in [-0.2, 0) is 14.2 Å². The number of nitrogens with one attached hydrogen (secondary N) is 1. The Morgan fingerprint density at radius 2 is 1.71 bits per heavy atom. The highest BCUT2D eigenvalue weighted by Crippen LogP contribution is 2.31. The van der Waals surface area contributed by atoms with Crippen LogP contribution in [-0.4, -0.2) is 79.8 Å². The summed E-state index contributed by atoms with van der Waals surface area (Å²) in [4.78, 5) is 27.6. The number of hydrogen-bond donors (Lipinski definition) is 1. The zero-order chi connectivity index (χ0) is 17.0. The van der Waals surface area contributed by atoms with Crippen molar-refractivity contribution in [3.8, 4) is 0 Å². The standard InChI is InChI=1S/C16H27N3O5/c1-2-22-15(21)19-7-3-13(4-8-19)17-14(20)18-9-5-16(6-10-18)23-11-12-24-16/h13H,2-12H2,1H3,(H,17,20). The molecule has 3 rings (SSSR count). The van der Waals surface area contributed by atoms with Crippen molar-refractivity contribution >= 4 is 12.1 Å². The third-order valence-corrected chi connectivity index (χ3v) is 4.97. The molecular weight excluding hydrogens is 314 g/mol. The summed E-state index contributed by atoms with van der Waals surface area (Å²) in [5, 5.41) is 3.09. The van der Waals surface area contributed by atoms with Gasteiger partial charge < -0.3 is 29.3 Å². The first-order valence-electron chi connectivity index (χ1n) is 8.87. The molecule has 136 valence electrons. The predicted octanol–water partition coefficient (Wildman–Crippen LogP) is 1.16. The van der Waals surface area contributed by atoms with Crippen LogP contribution in [0.1, 0.15) is 32.6 Å². The minimum atomic E-state index is -0.457. The second kappa shape index (κ2) is 7.57. The van der Waals surface area contributed by atoms with Crippen molar-refractivity contribution < 1.29 is 23.8 Å². The number of likely N-dealkylation sites (tertiary alicyclic amines) is 2. The first-order valence-corrected chi connectivity index (χ1v) is 8.87. The van der Waals surface area contributed by atoms with Crippen LogP contribution in [0.5, 0.6) is 0 Å². The Morgan fingerprint density at radius 3 is 2.29 bits per heavy atom. The molecule has 0 aromatic rings. The number of urea groups is 1. The highest BCUT2D eigenvalue weighted by molar-refractivity contribution is 5.74. The van der Waals surface area contributed by atoms with Gasteiger partial charge in [0.2, 0.25) is 0 Å². The van der Waals surface area contributed by atoms with Crippen molar-refractivity contribution in [2.24, 2.45) is 0 Å². The minimum absolute atomic E-state index is 0.0302. The molecule has 0 atom stereocenters. The van der Waals surface area contributed by atoms with Crippen molar-refractivity contribution in [3.63, 3.8) is 0 Å². The van der Waals surface area contributed by atoms with Crippen LogP contribution >= 0.6 is 0 Å². The van der Waals surface area contributed by atoms with Gasteiger partial charge >= 0.3 is 12.1 Å². The highest BCUT2D eigenvalue weighted by Gasteiger charge is 2.41. The fourth-order valence-electron chi connectivity index (χ4n) is 3.52. The number of rotatable bonds is 2. The Morgan fingerprint density at radius 1 is 1.08 bits per heavy atom. The lowest BCUT2D eigenvalue weighted by atomic mass is 10.0. The van der Waals surface area contributed by atoms with Gasteiger partial charge in [-0.3, -0.25) is 0 Å². The topological polar surface area (TPSA) is 80.3 Å². The van der Waals surface area contributed by atoms with E-state index in [0.29, 0.717) is 46.0 Å². The Hall–Kier alpha value is -1.54. The molecule has 0 aromatic carbocycles. The molecule has 3 heterocycles. The molecule has 24 heavy (non-hydrogen) atoms. The summed E-state index contributed by atoms with van der Waals surface area (Å²) in [5.41, 5.74) is 0. The Balaban J connectivity index is 1.39. The summed E-state index contributed by atoms with van der Waals surface area (Å²) < 4.78 is 16.4. The van der Waals surface area contributed by atoms with E-state index < -0.39 is 5.79 Å². The Labute approximate surface area is 142 Å². The minimum Gasteiger partial charge on any atom is -0.450 e. The quantitative estimate of drug-likeness (QED) is 0.815. The Kier molecular flexibility index (Phi) is 5.45. The third kappa shape index (κ3) is 3.92. The van der Waals surface area contributed by atoms with E-state index in [2.05, 4.69) is 5.32 Å². The maximum Gasteiger partial charge on any atom is 0.409 e. The van der Waals surface area contributed by atoms with E-state index in [1.165, 1.54) is 0 Å². The van der Waals surface area contributed by atoms with Gasteiger partial charge in [0.25, 0.3) is 0 Å². The van der Waals surface area contributed by atoms with E-state index in [0.717, 1.165) is 25.7 Å². The normalized spacial score (nSPS) is 24.2. The SMILES string of the molecule is CCOC(=O)N1CCC(NC(=O)N2CCC3(CC2)OCCO3)CC1. The van der Waals surface area contributed by atoms with Crippen molar-refractivity contribution in [2.75, 3.05) is 46.0 Å². The second-order valence-electron chi connectivity index (χ2n) is 6.50. The van der Waals surface area contributed by atoms with Gasteiger partial charge in [-0.2, -0.15) is 0 Å². The van der Waals surface area contributed by atoms with Crippen LogP contribution in [0.4, 0.5) is 9.59 Å². The summed E-state index contributed by atoms with van der Waals surface area (Å²) >= 11 is 0. The molecule has 3 saturated heterocycles. The number of amides is 3. The van der Waals surface area contributed by atoms with Crippen LogP contribution < -0.4 is 5.32 Å². The zero-order valence-corrected chi connectivity index (χ0v) is 14.3. The number of carbonyl (C=O) groups is 2. The van der Waals surface area contributed by atoms with Crippen molar-refractivity contribution in [1.82, 2.24) is 15.1 Å². The second-order valence-corrected chi connectivity index (χ2v) is 6.50. The van der Waals surface area contributed by atoms with Gasteiger partial charge in [0, 0.05) is 45.1 Å². The van der Waals surface area contributed by atoms with E-state index in [1.54, 1.807) is 11.8 Å². The third-order valence-electron chi connectivity index (χ3n) is 4.97. The average molecular weight is 341 g/mol. The summed E-state index contributed by atoms with van der Waals surface area (Å²) in [7, 11) is 0. The number of nitrogens with zero attached hydrogens (tertiary/aromatic N) is 2. The van der Waals surface area contributed by atoms with Crippen molar-refractivity contribution in [2.45, 2.75) is 44.4 Å². The molecule has 0 unspecified atom stereocenters. The largest absolute Gasteiger partial charge is 0.450 e. The van der Waals surface area contributed by atoms with Crippen LogP contribution in [0, 0.1) is 0 Å². The van der Waals surface area contributed by atoms with Gasteiger partial charge in [0.1, 0.15) is 0 Å². The van der Waals surface area contributed by atoms with E-state index >= 15 is 0 Å². The van der Waals surface area contributed by atoms with Crippen LogP contribution in [0.2, 0.25) is 0 Å².